The molecule has 2 rings (SSSR count). The molecule has 1 aromatic rings. The van der Waals surface area contributed by atoms with Gasteiger partial charge >= 0.3 is 0 Å². The SMILES string of the molecule is CCNCC1(Oc2ccccc2OCC)CC1. The molecule has 17 heavy (non-hydrogen) atoms. The number of ether oxygens (including phenoxy) is 2. The molecule has 1 aromatic carbocycles. The Balaban J connectivity index is 2.02. The Morgan fingerprint density at radius 1 is 1.18 bits per heavy atom. The van der Waals surface area contributed by atoms with Gasteiger partial charge in [0.15, 0.2) is 11.5 Å². The van der Waals surface area contributed by atoms with Gasteiger partial charge in [0, 0.05) is 6.54 Å². The minimum absolute atomic E-state index is 0.00319. The Morgan fingerprint density at radius 2 is 1.88 bits per heavy atom. The number of hydrogen-bond acceptors (Lipinski definition) is 3. The maximum atomic E-state index is 6.11. The fraction of sp³-hybridized carbons (Fsp3) is 0.571. The second-order valence-electron chi connectivity index (χ2n) is 4.45. The number of para-hydroxylation sites is 2. The van der Waals surface area contributed by atoms with Gasteiger partial charge in [0.25, 0.3) is 0 Å². The quantitative estimate of drug-likeness (QED) is 0.788. The third-order valence-corrected chi connectivity index (χ3v) is 2.98. The number of benzene rings is 1. The molecule has 0 saturated heterocycles. The number of nitrogens with one attached hydrogen (secondary N) is 1. The Kier molecular flexibility index (Phi) is 3.89. The van der Waals surface area contributed by atoms with E-state index in [4.69, 9.17) is 9.47 Å². The van der Waals surface area contributed by atoms with Gasteiger partial charge < -0.3 is 14.8 Å². The van der Waals surface area contributed by atoms with Crippen molar-refractivity contribution in [2.24, 2.45) is 0 Å². The topological polar surface area (TPSA) is 30.5 Å². The number of rotatable bonds is 7. The van der Waals surface area contributed by atoms with Crippen LogP contribution in [0.3, 0.4) is 0 Å². The lowest BCUT2D eigenvalue weighted by Crippen LogP contribution is -2.33. The molecule has 1 aliphatic rings. The molecule has 0 spiro atoms. The third-order valence-electron chi connectivity index (χ3n) is 2.98. The number of likely N-dealkylation sites (N-methyl/N-ethyl adjacent to an activating group) is 1. The summed E-state index contributed by atoms with van der Waals surface area (Å²) >= 11 is 0. The minimum atomic E-state index is 0.00319. The second kappa shape index (κ2) is 5.41. The summed E-state index contributed by atoms with van der Waals surface area (Å²) in [4.78, 5) is 0. The molecule has 0 aliphatic heterocycles. The minimum Gasteiger partial charge on any atom is -0.490 e. The van der Waals surface area contributed by atoms with Crippen molar-refractivity contribution in [2.75, 3.05) is 19.7 Å². The lowest BCUT2D eigenvalue weighted by Gasteiger charge is -2.20. The Bertz CT molecular complexity index is 361. The summed E-state index contributed by atoms with van der Waals surface area (Å²) in [6, 6.07) is 7.90. The second-order valence-corrected chi connectivity index (χ2v) is 4.45. The lowest BCUT2D eigenvalue weighted by atomic mass is 10.3. The van der Waals surface area contributed by atoms with E-state index >= 15 is 0 Å². The highest BCUT2D eigenvalue weighted by Crippen LogP contribution is 2.42. The van der Waals surface area contributed by atoms with Crippen LogP contribution < -0.4 is 14.8 Å². The molecule has 0 atom stereocenters. The van der Waals surface area contributed by atoms with Gasteiger partial charge in [-0.1, -0.05) is 19.1 Å². The van der Waals surface area contributed by atoms with E-state index < -0.39 is 0 Å². The summed E-state index contributed by atoms with van der Waals surface area (Å²) in [6.45, 7) is 6.68. The summed E-state index contributed by atoms with van der Waals surface area (Å²) in [5, 5.41) is 3.36. The van der Waals surface area contributed by atoms with Gasteiger partial charge in [-0.15, -0.1) is 0 Å². The zero-order valence-corrected chi connectivity index (χ0v) is 10.7. The lowest BCUT2D eigenvalue weighted by molar-refractivity contribution is 0.166. The molecule has 0 radical (unpaired) electrons. The van der Waals surface area contributed by atoms with Crippen LogP contribution in [-0.2, 0) is 0 Å². The Labute approximate surface area is 103 Å². The van der Waals surface area contributed by atoms with Crippen LogP contribution in [0, 0.1) is 0 Å². The first kappa shape index (κ1) is 12.2. The fourth-order valence-electron chi connectivity index (χ4n) is 1.85. The molecular formula is C14H21NO2. The van der Waals surface area contributed by atoms with Crippen LogP contribution in [0.4, 0.5) is 0 Å². The predicted molar refractivity (Wildman–Crippen MR) is 68.7 cm³/mol. The van der Waals surface area contributed by atoms with E-state index in [1.165, 1.54) is 0 Å². The summed E-state index contributed by atoms with van der Waals surface area (Å²) < 4.78 is 11.7. The first-order chi connectivity index (χ1) is 8.29. The van der Waals surface area contributed by atoms with Crippen molar-refractivity contribution >= 4 is 0 Å². The van der Waals surface area contributed by atoms with E-state index in [1.54, 1.807) is 0 Å². The largest absolute Gasteiger partial charge is 0.490 e. The predicted octanol–water partition coefficient (Wildman–Crippen LogP) is 2.61. The van der Waals surface area contributed by atoms with E-state index in [9.17, 15) is 0 Å². The van der Waals surface area contributed by atoms with Crippen LogP contribution in [0.15, 0.2) is 24.3 Å². The van der Waals surface area contributed by atoms with Gasteiger partial charge in [-0.05, 0) is 38.4 Å². The van der Waals surface area contributed by atoms with Crippen molar-refractivity contribution in [3.05, 3.63) is 24.3 Å². The van der Waals surface area contributed by atoms with E-state index in [1.807, 2.05) is 31.2 Å². The highest BCUT2D eigenvalue weighted by molar-refractivity contribution is 5.40. The molecule has 94 valence electrons. The summed E-state index contributed by atoms with van der Waals surface area (Å²) in [5.74, 6) is 1.71. The van der Waals surface area contributed by atoms with Crippen molar-refractivity contribution in [3.63, 3.8) is 0 Å². The Morgan fingerprint density at radius 3 is 2.47 bits per heavy atom. The zero-order valence-electron chi connectivity index (χ0n) is 10.7. The van der Waals surface area contributed by atoms with Gasteiger partial charge in [0.05, 0.1) is 6.61 Å². The van der Waals surface area contributed by atoms with Crippen LogP contribution in [0.1, 0.15) is 26.7 Å². The molecule has 1 N–H and O–H groups in total. The molecule has 1 aliphatic carbocycles. The molecule has 0 bridgehead atoms. The van der Waals surface area contributed by atoms with E-state index in [0.29, 0.717) is 6.61 Å². The average molecular weight is 235 g/mol. The molecule has 1 saturated carbocycles. The fourth-order valence-corrected chi connectivity index (χ4v) is 1.85. The van der Waals surface area contributed by atoms with Crippen LogP contribution in [0.5, 0.6) is 11.5 Å². The van der Waals surface area contributed by atoms with Crippen LogP contribution in [0.25, 0.3) is 0 Å². The average Bonchev–Trinajstić information content (AvgIpc) is 3.10. The molecule has 1 fully saturated rings. The first-order valence-corrected chi connectivity index (χ1v) is 6.41. The maximum absolute atomic E-state index is 6.11. The summed E-state index contributed by atoms with van der Waals surface area (Å²) in [7, 11) is 0. The highest BCUT2D eigenvalue weighted by atomic mass is 16.5. The monoisotopic (exact) mass is 235 g/mol. The van der Waals surface area contributed by atoms with Crippen molar-refractivity contribution in [1.82, 2.24) is 5.32 Å². The van der Waals surface area contributed by atoms with Gasteiger partial charge in [-0.2, -0.15) is 0 Å². The van der Waals surface area contributed by atoms with Gasteiger partial charge in [0.2, 0.25) is 0 Å². The molecule has 0 amide bonds. The van der Waals surface area contributed by atoms with Gasteiger partial charge in [0.1, 0.15) is 5.60 Å². The Hall–Kier alpha value is -1.22. The van der Waals surface area contributed by atoms with Crippen molar-refractivity contribution in [2.45, 2.75) is 32.3 Å². The summed E-state index contributed by atoms with van der Waals surface area (Å²) in [5.41, 5.74) is 0.00319. The molecule has 0 heterocycles. The maximum Gasteiger partial charge on any atom is 0.162 e. The van der Waals surface area contributed by atoms with Crippen molar-refractivity contribution in [3.8, 4) is 11.5 Å². The highest BCUT2D eigenvalue weighted by Gasteiger charge is 2.45. The first-order valence-electron chi connectivity index (χ1n) is 6.41. The third kappa shape index (κ3) is 3.13. The van der Waals surface area contributed by atoms with Crippen LogP contribution in [0.2, 0.25) is 0 Å². The van der Waals surface area contributed by atoms with Crippen LogP contribution in [-0.4, -0.2) is 25.3 Å². The van der Waals surface area contributed by atoms with Crippen molar-refractivity contribution < 1.29 is 9.47 Å². The smallest absolute Gasteiger partial charge is 0.162 e. The standard InChI is InChI=1S/C14H21NO2/c1-3-15-11-14(9-10-14)17-13-8-6-5-7-12(13)16-4-2/h5-8,15H,3-4,9-11H2,1-2H3. The van der Waals surface area contributed by atoms with Gasteiger partial charge in [-0.25, -0.2) is 0 Å². The normalized spacial score (nSPS) is 16.6. The zero-order chi connectivity index (χ0) is 12.1. The molecule has 0 unspecified atom stereocenters. The molecular weight excluding hydrogens is 214 g/mol. The van der Waals surface area contributed by atoms with Gasteiger partial charge in [-0.3, -0.25) is 0 Å². The molecule has 3 heteroatoms. The van der Waals surface area contributed by atoms with E-state index in [0.717, 1.165) is 37.4 Å². The van der Waals surface area contributed by atoms with E-state index in [-0.39, 0.29) is 5.60 Å². The summed E-state index contributed by atoms with van der Waals surface area (Å²) in [6.07, 6.45) is 2.25. The molecule has 3 nitrogen and oxygen atoms in total. The van der Waals surface area contributed by atoms with Crippen LogP contribution >= 0.6 is 0 Å². The van der Waals surface area contributed by atoms with Crippen molar-refractivity contribution in [1.29, 1.82) is 0 Å². The molecule has 0 aromatic heterocycles. The van der Waals surface area contributed by atoms with E-state index in [2.05, 4.69) is 12.2 Å². The number of hydrogen-bond donors (Lipinski definition) is 1.